The van der Waals surface area contributed by atoms with Crippen LogP contribution in [0.2, 0.25) is 0 Å². The Morgan fingerprint density at radius 3 is 3.00 bits per heavy atom. The molecular formula is C18H31N5. The molecule has 1 aromatic rings. The maximum atomic E-state index is 4.63. The number of nitrogens with one attached hydrogen (secondary N) is 2. The van der Waals surface area contributed by atoms with Crippen LogP contribution in [0.4, 0.5) is 0 Å². The molecule has 2 N–H and O–H groups in total. The van der Waals surface area contributed by atoms with Gasteiger partial charge in [0.1, 0.15) is 0 Å². The molecule has 2 heterocycles. The van der Waals surface area contributed by atoms with Gasteiger partial charge in [-0.25, -0.2) is 4.99 Å². The number of guanidine groups is 1. The molecule has 0 aliphatic carbocycles. The second-order valence-corrected chi connectivity index (χ2v) is 6.49. The fraction of sp³-hybridized carbons (Fsp3) is 0.667. The van der Waals surface area contributed by atoms with Gasteiger partial charge in [-0.2, -0.15) is 0 Å². The predicted molar refractivity (Wildman–Crippen MR) is 96.5 cm³/mol. The van der Waals surface area contributed by atoms with E-state index in [1.54, 1.807) is 0 Å². The molecule has 0 spiro atoms. The summed E-state index contributed by atoms with van der Waals surface area (Å²) in [6.07, 6.45) is 4.50. The maximum Gasteiger partial charge on any atom is 0.191 e. The highest BCUT2D eigenvalue weighted by Crippen LogP contribution is 2.17. The molecule has 2 rings (SSSR count). The first-order valence-electron chi connectivity index (χ1n) is 8.85. The molecule has 0 amide bonds. The summed E-state index contributed by atoms with van der Waals surface area (Å²) < 4.78 is 0. The Labute approximate surface area is 140 Å². The zero-order chi connectivity index (χ0) is 16.5. The van der Waals surface area contributed by atoms with Crippen LogP contribution in [-0.4, -0.2) is 48.1 Å². The maximum absolute atomic E-state index is 4.63. The third-order valence-corrected chi connectivity index (χ3v) is 4.35. The molecule has 0 saturated carbocycles. The Morgan fingerprint density at radius 2 is 2.30 bits per heavy atom. The monoisotopic (exact) mass is 317 g/mol. The van der Waals surface area contributed by atoms with Crippen molar-refractivity contribution in [3.05, 3.63) is 30.1 Å². The predicted octanol–water partition coefficient (Wildman–Crippen LogP) is 2.26. The second kappa shape index (κ2) is 9.50. The Morgan fingerprint density at radius 1 is 1.43 bits per heavy atom. The van der Waals surface area contributed by atoms with Gasteiger partial charge in [0.15, 0.2) is 5.96 Å². The van der Waals surface area contributed by atoms with E-state index < -0.39 is 0 Å². The van der Waals surface area contributed by atoms with Crippen molar-refractivity contribution in [3.8, 4) is 0 Å². The van der Waals surface area contributed by atoms with Crippen molar-refractivity contribution in [2.24, 2.45) is 10.9 Å². The highest BCUT2D eigenvalue weighted by molar-refractivity contribution is 5.79. The first kappa shape index (κ1) is 17.7. The van der Waals surface area contributed by atoms with Crippen molar-refractivity contribution >= 4 is 5.96 Å². The van der Waals surface area contributed by atoms with Crippen molar-refractivity contribution in [2.45, 2.75) is 46.2 Å². The van der Waals surface area contributed by atoms with Gasteiger partial charge in [-0.05, 0) is 51.3 Å². The number of pyridine rings is 1. The number of hydrogen-bond acceptors (Lipinski definition) is 3. The van der Waals surface area contributed by atoms with Crippen LogP contribution in [0.25, 0.3) is 0 Å². The summed E-state index contributed by atoms with van der Waals surface area (Å²) in [6.45, 7) is 11.6. The van der Waals surface area contributed by atoms with Crippen LogP contribution < -0.4 is 10.6 Å². The number of likely N-dealkylation sites (tertiary alicyclic amines) is 1. The van der Waals surface area contributed by atoms with Gasteiger partial charge in [0.25, 0.3) is 0 Å². The quantitative estimate of drug-likeness (QED) is 0.624. The van der Waals surface area contributed by atoms with Gasteiger partial charge in [0.05, 0.1) is 12.2 Å². The SMILES string of the molecule is CCNC(=NCc1ccccn1)NCC(C)N1CCCC(C)C1. The van der Waals surface area contributed by atoms with Crippen molar-refractivity contribution in [2.75, 3.05) is 26.2 Å². The summed E-state index contributed by atoms with van der Waals surface area (Å²) >= 11 is 0. The lowest BCUT2D eigenvalue weighted by molar-refractivity contribution is 0.139. The molecule has 0 aromatic carbocycles. The average molecular weight is 317 g/mol. The molecule has 23 heavy (non-hydrogen) atoms. The van der Waals surface area contributed by atoms with E-state index in [1.807, 2.05) is 24.4 Å². The zero-order valence-electron chi connectivity index (χ0n) is 14.8. The molecule has 1 aromatic heterocycles. The standard InChI is InChI=1S/C18H31N5/c1-4-19-18(22-13-17-9-5-6-10-20-17)21-12-16(3)23-11-7-8-15(2)14-23/h5-6,9-10,15-16H,4,7-8,11-14H2,1-3H3,(H2,19,21,22). The summed E-state index contributed by atoms with van der Waals surface area (Å²) in [4.78, 5) is 11.5. The van der Waals surface area contributed by atoms with E-state index in [0.717, 1.165) is 30.7 Å². The minimum Gasteiger partial charge on any atom is -0.357 e. The van der Waals surface area contributed by atoms with E-state index in [1.165, 1.54) is 25.9 Å². The molecule has 1 aliphatic rings. The molecule has 5 heteroatoms. The van der Waals surface area contributed by atoms with Crippen LogP contribution in [0, 0.1) is 5.92 Å². The highest BCUT2D eigenvalue weighted by atomic mass is 15.2. The third-order valence-electron chi connectivity index (χ3n) is 4.35. The second-order valence-electron chi connectivity index (χ2n) is 6.49. The number of nitrogens with zero attached hydrogens (tertiary/aromatic N) is 3. The van der Waals surface area contributed by atoms with Crippen LogP contribution in [0.5, 0.6) is 0 Å². The Bertz CT molecular complexity index is 474. The van der Waals surface area contributed by atoms with Crippen LogP contribution in [0.1, 0.15) is 39.3 Å². The summed E-state index contributed by atoms with van der Waals surface area (Å²) in [7, 11) is 0. The topological polar surface area (TPSA) is 52.6 Å². The van der Waals surface area contributed by atoms with Gasteiger partial charge in [-0.15, -0.1) is 0 Å². The molecule has 1 fully saturated rings. The van der Waals surface area contributed by atoms with E-state index in [4.69, 9.17) is 0 Å². The largest absolute Gasteiger partial charge is 0.357 e. The lowest BCUT2D eigenvalue weighted by Crippen LogP contribution is -2.48. The van der Waals surface area contributed by atoms with Crippen molar-refractivity contribution in [1.29, 1.82) is 0 Å². The van der Waals surface area contributed by atoms with Gasteiger partial charge in [-0.3, -0.25) is 9.88 Å². The summed E-state index contributed by atoms with van der Waals surface area (Å²) in [5.41, 5.74) is 0.989. The van der Waals surface area contributed by atoms with Gasteiger partial charge in [0.2, 0.25) is 0 Å². The molecule has 2 unspecified atom stereocenters. The molecular weight excluding hydrogens is 286 g/mol. The number of aromatic nitrogens is 1. The summed E-state index contributed by atoms with van der Waals surface area (Å²) in [5, 5.41) is 6.78. The molecule has 5 nitrogen and oxygen atoms in total. The van der Waals surface area contributed by atoms with Crippen molar-refractivity contribution < 1.29 is 0 Å². The molecule has 0 radical (unpaired) electrons. The number of rotatable bonds is 6. The van der Waals surface area contributed by atoms with Crippen LogP contribution in [-0.2, 0) is 6.54 Å². The summed E-state index contributed by atoms with van der Waals surface area (Å²) in [6, 6.07) is 6.46. The van der Waals surface area contributed by atoms with E-state index in [2.05, 4.69) is 46.3 Å². The zero-order valence-corrected chi connectivity index (χ0v) is 14.8. The molecule has 128 valence electrons. The Hall–Kier alpha value is -1.62. The average Bonchev–Trinajstić information content (AvgIpc) is 2.58. The van der Waals surface area contributed by atoms with E-state index >= 15 is 0 Å². The molecule has 0 bridgehead atoms. The van der Waals surface area contributed by atoms with Gasteiger partial charge >= 0.3 is 0 Å². The number of aliphatic imine (C=N–C) groups is 1. The fourth-order valence-corrected chi connectivity index (χ4v) is 2.99. The molecule has 2 atom stereocenters. The number of hydrogen-bond donors (Lipinski definition) is 2. The smallest absolute Gasteiger partial charge is 0.191 e. The first-order valence-corrected chi connectivity index (χ1v) is 8.85. The minimum absolute atomic E-state index is 0.524. The van der Waals surface area contributed by atoms with Crippen LogP contribution >= 0.6 is 0 Å². The summed E-state index contributed by atoms with van der Waals surface area (Å²) in [5.74, 6) is 1.69. The Kier molecular flexibility index (Phi) is 7.33. The van der Waals surface area contributed by atoms with E-state index in [-0.39, 0.29) is 0 Å². The van der Waals surface area contributed by atoms with E-state index in [9.17, 15) is 0 Å². The minimum atomic E-state index is 0.524. The third kappa shape index (κ3) is 6.18. The normalized spacial score (nSPS) is 21.0. The first-order chi connectivity index (χ1) is 11.2. The molecule has 1 saturated heterocycles. The van der Waals surface area contributed by atoms with Gasteiger partial charge < -0.3 is 10.6 Å². The molecule has 1 aliphatic heterocycles. The Balaban J connectivity index is 1.83. The van der Waals surface area contributed by atoms with Gasteiger partial charge in [0, 0.05) is 31.9 Å². The van der Waals surface area contributed by atoms with Crippen molar-refractivity contribution in [3.63, 3.8) is 0 Å². The highest BCUT2D eigenvalue weighted by Gasteiger charge is 2.20. The lowest BCUT2D eigenvalue weighted by Gasteiger charge is -2.35. The van der Waals surface area contributed by atoms with E-state index in [0.29, 0.717) is 12.6 Å². The number of piperidine rings is 1. The fourth-order valence-electron chi connectivity index (χ4n) is 2.99. The van der Waals surface area contributed by atoms with Gasteiger partial charge in [-0.1, -0.05) is 13.0 Å². The van der Waals surface area contributed by atoms with Crippen LogP contribution in [0.3, 0.4) is 0 Å². The van der Waals surface area contributed by atoms with Crippen LogP contribution in [0.15, 0.2) is 29.4 Å². The van der Waals surface area contributed by atoms with Crippen molar-refractivity contribution in [1.82, 2.24) is 20.5 Å². The lowest BCUT2D eigenvalue weighted by atomic mass is 9.99.